The number of halogens is 4. The zero-order valence-electron chi connectivity index (χ0n) is 18.4. The van der Waals surface area contributed by atoms with E-state index in [2.05, 4.69) is 10.1 Å². The van der Waals surface area contributed by atoms with Crippen LogP contribution in [0.2, 0.25) is 5.02 Å². The number of anilines is 1. The van der Waals surface area contributed by atoms with Crippen molar-refractivity contribution in [2.75, 3.05) is 31.1 Å². The summed E-state index contributed by atoms with van der Waals surface area (Å²) >= 11 is 6.33. The molecule has 0 atom stereocenters. The van der Waals surface area contributed by atoms with Crippen molar-refractivity contribution in [3.63, 3.8) is 0 Å². The Hall–Kier alpha value is -3.01. The molecule has 0 spiro atoms. The Morgan fingerprint density at radius 2 is 1.79 bits per heavy atom. The van der Waals surface area contributed by atoms with E-state index >= 15 is 0 Å². The molecule has 176 valence electrons. The highest BCUT2D eigenvalue weighted by Gasteiger charge is 2.31. The minimum absolute atomic E-state index is 0.278. The van der Waals surface area contributed by atoms with E-state index < -0.39 is 17.3 Å². The smallest absolute Gasteiger partial charge is 0.416 e. The van der Waals surface area contributed by atoms with Crippen molar-refractivity contribution in [1.29, 1.82) is 0 Å². The fourth-order valence-corrected chi connectivity index (χ4v) is 3.78. The molecule has 4 rings (SSSR count). The first-order chi connectivity index (χ1) is 15.4. The average Bonchev–Trinajstić information content (AvgIpc) is 3.15. The number of pyridine rings is 2. The van der Waals surface area contributed by atoms with Gasteiger partial charge in [0.1, 0.15) is 11.4 Å². The van der Waals surface area contributed by atoms with Gasteiger partial charge in [0, 0.05) is 43.0 Å². The van der Waals surface area contributed by atoms with Crippen LogP contribution in [0, 0.1) is 0 Å². The lowest BCUT2D eigenvalue weighted by Gasteiger charge is -2.36. The summed E-state index contributed by atoms with van der Waals surface area (Å²) < 4.78 is 46.4. The quantitative estimate of drug-likeness (QED) is 0.508. The van der Waals surface area contributed by atoms with Crippen LogP contribution in [-0.2, 0) is 10.9 Å². The summed E-state index contributed by atoms with van der Waals surface area (Å²) in [6, 6.07) is 5.31. The van der Waals surface area contributed by atoms with E-state index in [1.54, 1.807) is 17.0 Å². The van der Waals surface area contributed by atoms with Crippen molar-refractivity contribution in [2.45, 2.75) is 32.5 Å². The van der Waals surface area contributed by atoms with E-state index in [1.165, 1.54) is 16.9 Å². The van der Waals surface area contributed by atoms with Gasteiger partial charge in [-0.05, 0) is 45.0 Å². The number of piperazine rings is 1. The fourth-order valence-electron chi connectivity index (χ4n) is 3.58. The number of aromatic nitrogens is 3. The minimum Gasteiger partial charge on any atom is -0.444 e. The highest BCUT2D eigenvalue weighted by Crippen LogP contribution is 2.33. The molecule has 3 aromatic heterocycles. The predicted molar refractivity (Wildman–Crippen MR) is 118 cm³/mol. The van der Waals surface area contributed by atoms with Gasteiger partial charge in [0.05, 0.1) is 23.0 Å². The van der Waals surface area contributed by atoms with Crippen molar-refractivity contribution in [3.8, 4) is 11.3 Å². The Balaban J connectivity index is 1.58. The topological polar surface area (TPSA) is 63.0 Å². The number of hydrogen-bond acceptors (Lipinski definition) is 5. The lowest BCUT2D eigenvalue weighted by atomic mass is 10.1. The second kappa shape index (κ2) is 8.40. The van der Waals surface area contributed by atoms with E-state index in [0.29, 0.717) is 48.3 Å². The summed E-state index contributed by atoms with van der Waals surface area (Å²) in [6.45, 7) is 7.37. The first-order valence-corrected chi connectivity index (χ1v) is 10.7. The van der Waals surface area contributed by atoms with Gasteiger partial charge in [0.25, 0.3) is 0 Å². The van der Waals surface area contributed by atoms with E-state index in [1.807, 2.05) is 25.7 Å². The SMILES string of the molecule is CC(C)(C)OC(=O)N1CCN(c2cc(Cl)cc(-c3cnn4ccc(C(F)(F)F)cc34)n2)CC1. The number of rotatable bonds is 2. The Labute approximate surface area is 193 Å². The molecule has 4 heterocycles. The second-order valence-corrected chi connectivity index (χ2v) is 9.22. The molecule has 3 aromatic rings. The zero-order valence-corrected chi connectivity index (χ0v) is 19.1. The molecule has 1 aliphatic heterocycles. The summed E-state index contributed by atoms with van der Waals surface area (Å²) in [5.74, 6) is 0.577. The van der Waals surface area contributed by atoms with Crippen molar-refractivity contribution in [1.82, 2.24) is 19.5 Å². The Bertz CT molecular complexity index is 1180. The van der Waals surface area contributed by atoms with Gasteiger partial charge in [0.15, 0.2) is 0 Å². The van der Waals surface area contributed by atoms with Gasteiger partial charge in [-0.2, -0.15) is 18.3 Å². The predicted octanol–water partition coefficient (Wildman–Crippen LogP) is 5.13. The molecule has 0 radical (unpaired) electrons. The van der Waals surface area contributed by atoms with E-state index in [4.69, 9.17) is 16.3 Å². The number of nitrogens with zero attached hydrogens (tertiary/aromatic N) is 5. The van der Waals surface area contributed by atoms with Gasteiger partial charge >= 0.3 is 12.3 Å². The molecule has 0 aliphatic carbocycles. The monoisotopic (exact) mass is 481 g/mol. The lowest BCUT2D eigenvalue weighted by molar-refractivity contribution is -0.137. The molecule has 0 bridgehead atoms. The molecular formula is C22H23ClF3N5O2. The molecular weight excluding hydrogens is 459 g/mol. The van der Waals surface area contributed by atoms with Gasteiger partial charge in [-0.25, -0.2) is 14.3 Å². The van der Waals surface area contributed by atoms with E-state index in [0.717, 1.165) is 12.1 Å². The number of carbonyl (C=O) groups excluding carboxylic acids is 1. The van der Waals surface area contributed by atoms with Crippen molar-refractivity contribution < 1.29 is 22.7 Å². The highest BCUT2D eigenvalue weighted by molar-refractivity contribution is 6.31. The first kappa shape index (κ1) is 23.2. The summed E-state index contributed by atoms with van der Waals surface area (Å²) in [7, 11) is 0. The first-order valence-electron chi connectivity index (χ1n) is 10.4. The molecule has 0 unspecified atom stereocenters. The van der Waals surface area contributed by atoms with Crippen molar-refractivity contribution in [2.24, 2.45) is 0 Å². The molecule has 33 heavy (non-hydrogen) atoms. The Kier molecular flexibility index (Phi) is 5.90. The maximum Gasteiger partial charge on any atom is 0.416 e. The van der Waals surface area contributed by atoms with Crippen LogP contribution in [0.1, 0.15) is 26.3 Å². The molecule has 11 heteroatoms. The van der Waals surface area contributed by atoms with Crippen molar-refractivity contribution >= 4 is 29.0 Å². The van der Waals surface area contributed by atoms with Gasteiger partial charge in [-0.1, -0.05) is 11.6 Å². The molecule has 1 saturated heterocycles. The average molecular weight is 482 g/mol. The number of hydrogen-bond donors (Lipinski definition) is 0. The molecule has 0 aromatic carbocycles. The fraction of sp³-hybridized carbons (Fsp3) is 0.409. The van der Waals surface area contributed by atoms with Crippen LogP contribution >= 0.6 is 11.6 Å². The van der Waals surface area contributed by atoms with Gasteiger partial charge in [-0.15, -0.1) is 0 Å². The van der Waals surface area contributed by atoms with Crippen LogP contribution in [0.15, 0.2) is 36.7 Å². The summed E-state index contributed by atoms with van der Waals surface area (Å²) in [4.78, 5) is 20.6. The number of fused-ring (bicyclic) bond motifs is 1. The number of carbonyl (C=O) groups is 1. The van der Waals surface area contributed by atoms with E-state index in [9.17, 15) is 18.0 Å². The number of ether oxygens (including phenoxy) is 1. The van der Waals surface area contributed by atoms with Gasteiger partial charge in [-0.3, -0.25) is 0 Å². The maximum absolute atomic E-state index is 13.2. The largest absolute Gasteiger partial charge is 0.444 e. The van der Waals surface area contributed by atoms with Crippen LogP contribution in [0.3, 0.4) is 0 Å². The summed E-state index contributed by atoms with van der Waals surface area (Å²) in [5, 5.41) is 4.54. The van der Waals surface area contributed by atoms with Gasteiger partial charge < -0.3 is 14.5 Å². The molecule has 0 N–H and O–H groups in total. The lowest BCUT2D eigenvalue weighted by Crippen LogP contribution is -2.50. The standard InChI is InChI=1S/C22H23ClF3N5O2/c1-21(2,3)33-20(32)30-8-6-29(7-9-30)19-12-15(23)11-17(28-19)16-13-27-31-5-4-14(10-18(16)31)22(24,25)26/h4-5,10-13H,6-9H2,1-3H3. The van der Waals surface area contributed by atoms with Crippen molar-refractivity contribution in [3.05, 3.63) is 47.2 Å². The highest BCUT2D eigenvalue weighted by atomic mass is 35.5. The van der Waals surface area contributed by atoms with Crippen LogP contribution < -0.4 is 4.90 Å². The minimum atomic E-state index is -4.47. The Morgan fingerprint density at radius 3 is 2.42 bits per heavy atom. The maximum atomic E-state index is 13.2. The molecule has 7 nitrogen and oxygen atoms in total. The third kappa shape index (κ3) is 5.16. The summed E-state index contributed by atoms with van der Waals surface area (Å²) in [6.07, 6.45) is -2.10. The van der Waals surface area contributed by atoms with Crippen LogP contribution in [0.5, 0.6) is 0 Å². The third-order valence-corrected chi connectivity index (χ3v) is 5.37. The third-order valence-electron chi connectivity index (χ3n) is 5.16. The number of alkyl halides is 3. The van der Waals surface area contributed by atoms with Gasteiger partial charge in [0.2, 0.25) is 0 Å². The van der Waals surface area contributed by atoms with Crippen LogP contribution in [0.25, 0.3) is 16.8 Å². The number of amides is 1. The normalized spacial score (nSPS) is 15.2. The Morgan fingerprint density at radius 1 is 1.09 bits per heavy atom. The molecule has 1 aliphatic rings. The molecule has 1 amide bonds. The van der Waals surface area contributed by atoms with Crippen LogP contribution in [-0.4, -0.2) is 57.4 Å². The van der Waals surface area contributed by atoms with Crippen LogP contribution in [0.4, 0.5) is 23.8 Å². The molecule has 1 fully saturated rings. The molecule has 0 saturated carbocycles. The van der Waals surface area contributed by atoms with E-state index in [-0.39, 0.29) is 11.6 Å². The zero-order chi connectivity index (χ0) is 24.0. The summed E-state index contributed by atoms with van der Waals surface area (Å²) in [5.41, 5.74) is -0.200. The second-order valence-electron chi connectivity index (χ2n) is 8.78.